The lowest BCUT2D eigenvalue weighted by Crippen LogP contribution is -2.15. The van der Waals surface area contributed by atoms with E-state index in [1.807, 2.05) is 49.4 Å². The Kier molecular flexibility index (Phi) is 8.01. The highest BCUT2D eigenvalue weighted by molar-refractivity contribution is 5.85. The van der Waals surface area contributed by atoms with Gasteiger partial charge in [0.25, 0.3) is 0 Å². The molecule has 0 unspecified atom stereocenters. The molecule has 0 heterocycles. The summed E-state index contributed by atoms with van der Waals surface area (Å²) in [5.41, 5.74) is 3.88. The molecule has 0 bridgehead atoms. The van der Waals surface area contributed by atoms with E-state index in [2.05, 4.69) is 43.0 Å². The van der Waals surface area contributed by atoms with Crippen LogP contribution in [0.25, 0.3) is 10.8 Å². The zero-order valence-electron chi connectivity index (χ0n) is 20.0. The number of allylic oxidation sites excluding steroid dienone is 2. The number of benzene rings is 3. The van der Waals surface area contributed by atoms with Gasteiger partial charge in [-0.1, -0.05) is 91.6 Å². The first-order valence-electron chi connectivity index (χ1n) is 12.5. The summed E-state index contributed by atoms with van der Waals surface area (Å²) in [6, 6.07) is 18.0. The van der Waals surface area contributed by atoms with Crippen molar-refractivity contribution in [2.45, 2.75) is 65.2 Å². The van der Waals surface area contributed by atoms with Crippen molar-refractivity contribution in [2.24, 2.45) is 11.8 Å². The molecule has 1 fully saturated rings. The van der Waals surface area contributed by atoms with Crippen molar-refractivity contribution in [3.8, 4) is 11.8 Å². The molecule has 3 aromatic carbocycles. The molecular formula is C32H35F. The molecule has 170 valence electrons. The molecule has 1 aliphatic carbocycles. The highest BCUT2D eigenvalue weighted by Gasteiger charge is 2.20. The van der Waals surface area contributed by atoms with Gasteiger partial charge in [-0.2, -0.15) is 0 Å². The van der Waals surface area contributed by atoms with E-state index in [0.29, 0.717) is 10.9 Å². The van der Waals surface area contributed by atoms with E-state index in [-0.39, 0.29) is 5.82 Å². The molecule has 0 amide bonds. The van der Waals surface area contributed by atoms with Gasteiger partial charge < -0.3 is 0 Å². The Morgan fingerprint density at radius 3 is 2.33 bits per heavy atom. The van der Waals surface area contributed by atoms with Gasteiger partial charge in [0.2, 0.25) is 0 Å². The Hall–Kier alpha value is -2.85. The van der Waals surface area contributed by atoms with Crippen LogP contribution in [0.5, 0.6) is 0 Å². The molecule has 1 saturated carbocycles. The lowest BCUT2D eigenvalue weighted by atomic mass is 9.78. The maximum atomic E-state index is 15.1. The minimum atomic E-state index is -0.213. The summed E-state index contributed by atoms with van der Waals surface area (Å²) in [4.78, 5) is 0. The highest BCUT2D eigenvalue weighted by Crippen LogP contribution is 2.34. The molecule has 0 aromatic heterocycles. The van der Waals surface area contributed by atoms with Crippen molar-refractivity contribution in [1.29, 1.82) is 0 Å². The van der Waals surface area contributed by atoms with E-state index < -0.39 is 0 Å². The normalized spacial score (nSPS) is 18.4. The van der Waals surface area contributed by atoms with E-state index in [9.17, 15) is 0 Å². The third-order valence-corrected chi connectivity index (χ3v) is 7.20. The van der Waals surface area contributed by atoms with Crippen LogP contribution in [0.1, 0.15) is 74.1 Å². The number of fused-ring (bicyclic) bond motifs is 1. The fraction of sp³-hybridized carbons (Fsp3) is 0.375. The number of hydrogen-bond donors (Lipinski definition) is 0. The number of rotatable bonds is 6. The minimum absolute atomic E-state index is 0.213. The van der Waals surface area contributed by atoms with Crippen LogP contribution in [-0.4, -0.2) is 0 Å². The molecule has 0 atom stereocenters. The lowest BCUT2D eigenvalue weighted by Gasteiger charge is -2.28. The molecule has 0 radical (unpaired) electrons. The van der Waals surface area contributed by atoms with Crippen molar-refractivity contribution in [3.63, 3.8) is 0 Å². The summed E-state index contributed by atoms with van der Waals surface area (Å²) in [5.74, 6) is 7.65. The van der Waals surface area contributed by atoms with Crippen molar-refractivity contribution in [2.75, 3.05) is 0 Å². The SMILES string of the molecule is C/C=C/CCC1CCC(CCc2ccc3c(F)c(C#Cc4ccc(C)cc4)ccc3c2)CC1. The monoisotopic (exact) mass is 438 g/mol. The Morgan fingerprint density at radius 1 is 0.879 bits per heavy atom. The highest BCUT2D eigenvalue weighted by atomic mass is 19.1. The fourth-order valence-corrected chi connectivity index (χ4v) is 5.05. The lowest BCUT2D eigenvalue weighted by molar-refractivity contribution is 0.254. The zero-order chi connectivity index (χ0) is 23.0. The standard InChI is InChI=1S/C32H35F/c1-3-4-5-6-25-11-13-27(14-12-25)15-16-28-18-22-31-30(23-28)21-20-29(32(31)33)19-17-26-9-7-24(2)8-10-26/h3-4,7-10,18,20-23,25,27H,5-6,11-16H2,1-2H3/b4-3+. The average Bonchev–Trinajstić information content (AvgIpc) is 2.84. The van der Waals surface area contributed by atoms with Crippen LogP contribution < -0.4 is 0 Å². The second kappa shape index (κ2) is 11.3. The van der Waals surface area contributed by atoms with E-state index in [0.717, 1.165) is 29.2 Å². The van der Waals surface area contributed by atoms with Gasteiger partial charge in [0, 0.05) is 10.9 Å². The van der Waals surface area contributed by atoms with Gasteiger partial charge in [-0.05, 0) is 80.5 Å². The molecule has 3 aromatic rings. The predicted octanol–water partition coefficient (Wildman–Crippen LogP) is 8.78. The summed E-state index contributed by atoms with van der Waals surface area (Å²) < 4.78 is 15.1. The van der Waals surface area contributed by atoms with Gasteiger partial charge in [0.1, 0.15) is 5.82 Å². The van der Waals surface area contributed by atoms with Crippen molar-refractivity contribution < 1.29 is 4.39 Å². The molecule has 1 heteroatoms. The molecule has 0 N–H and O–H groups in total. The second-order valence-corrected chi connectivity index (χ2v) is 9.67. The minimum Gasteiger partial charge on any atom is -0.205 e. The summed E-state index contributed by atoms with van der Waals surface area (Å²) in [5, 5.41) is 1.63. The van der Waals surface area contributed by atoms with Crippen LogP contribution in [-0.2, 0) is 6.42 Å². The predicted molar refractivity (Wildman–Crippen MR) is 139 cm³/mol. The summed E-state index contributed by atoms with van der Waals surface area (Å²) >= 11 is 0. The van der Waals surface area contributed by atoms with Crippen molar-refractivity contribution in [3.05, 3.63) is 94.8 Å². The van der Waals surface area contributed by atoms with Gasteiger partial charge in [0.15, 0.2) is 0 Å². The van der Waals surface area contributed by atoms with Gasteiger partial charge in [-0.25, -0.2) is 4.39 Å². The zero-order valence-corrected chi connectivity index (χ0v) is 20.0. The van der Waals surface area contributed by atoms with Crippen molar-refractivity contribution in [1.82, 2.24) is 0 Å². The first-order valence-corrected chi connectivity index (χ1v) is 12.5. The Morgan fingerprint density at radius 2 is 1.61 bits per heavy atom. The van der Waals surface area contributed by atoms with E-state index in [1.54, 1.807) is 0 Å². The summed E-state index contributed by atoms with van der Waals surface area (Å²) in [7, 11) is 0. The Bertz CT molecular complexity index is 1150. The number of hydrogen-bond acceptors (Lipinski definition) is 0. The van der Waals surface area contributed by atoms with E-state index in [4.69, 9.17) is 0 Å². The molecule has 1 aliphatic rings. The fourth-order valence-electron chi connectivity index (χ4n) is 5.05. The first kappa shape index (κ1) is 23.3. The summed E-state index contributed by atoms with van der Waals surface area (Å²) in [6.45, 7) is 4.16. The van der Waals surface area contributed by atoms with Gasteiger partial charge in [-0.15, -0.1) is 0 Å². The Labute approximate surface area is 198 Å². The maximum absolute atomic E-state index is 15.1. The van der Waals surface area contributed by atoms with Crippen molar-refractivity contribution >= 4 is 10.8 Å². The van der Waals surface area contributed by atoms with Crippen LogP contribution >= 0.6 is 0 Å². The third kappa shape index (κ3) is 6.35. The molecule has 0 aliphatic heterocycles. The van der Waals surface area contributed by atoms with Crippen LogP contribution in [0.15, 0.2) is 66.7 Å². The molecule has 0 saturated heterocycles. The largest absolute Gasteiger partial charge is 0.205 e. The average molecular weight is 439 g/mol. The quantitative estimate of drug-likeness (QED) is 0.266. The third-order valence-electron chi connectivity index (χ3n) is 7.20. The smallest absolute Gasteiger partial charge is 0.146 e. The van der Waals surface area contributed by atoms with E-state index >= 15 is 4.39 Å². The Balaban J connectivity index is 1.36. The van der Waals surface area contributed by atoms with E-state index in [1.165, 1.54) is 56.1 Å². The number of halogens is 1. The maximum Gasteiger partial charge on any atom is 0.146 e. The molecule has 0 nitrogen and oxygen atoms in total. The van der Waals surface area contributed by atoms with Crippen LogP contribution in [0.4, 0.5) is 4.39 Å². The molecule has 0 spiro atoms. The van der Waals surface area contributed by atoms with Crippen LogP contribution in [0, 0.1) is 36.4 Å². The van der Waals surface area contributed by atoms with Gasteiger partial charge in [-0.3, -0.25) is 0 Å². The molecule has 33 heavy (non-hydrogen) atoms. The molecular weight excluding hydrogens is 403 g/mol. The summed E-state index contributed by atoms with van der Waals surface area (Å²) in [6.07, 6.45) is 14.9. The van der Waals surface area contributed by atoms with Gasteiger partial charge >= 0.3 is 0 Å². The topological polar surface area (TPSA) is 0 Å². The molecule has 4 rings (SSSR count). The first-order chi connectivity index (χ1) is 16.1. The number of aryl methyl sites for hydroxylation is 2. The second-order valence-electron chi connectivity index (χ2n) is 9.67. The van der Waals surface area contributed by atoms with Crippen LogP contribution in [0.3, 0.4) is 0 Å². The van der Waals surface area contributed by atoms with Crippen LogP contribution in [0.2, 0.25) is 0 Å². The van der Waals surface area contributed by atoms with Gasteiger partial charge in [0.05, 0.1) is 5.56 Å².